The van der Waals surface area contributed by atoms with Crippen molar-refractivity contribution in [3.63, 3.8) is 0 Å². The van der Waals surface area contributed by atoms with Crippen molar-refractivity contribution in [2.75, 3.05) is 0 Å². The van der Waals surface area contributed by atoms with E-state index >= 15 is 0 Å². The molecule has 0 radical (unpaired) electrons. The fraction of sp³-hybridized carbons (Fsp3) is 0. The molecule has 0 N–H and O–H groups in total. The first kappa shape index (κ1) is 76.7. The van der Waals surface area contributed by atoms with Crippen LogP contribution in [-0.4, -0.2) is 0 Å². The summed E-state index contributed by atoms with van der Waals surface area (Å²) >= 11 is 0. The van der Waals surface area contributed by atoms with Gasteiger partial charge in [-0.25, -0.2) is 0 Å². The quantitative estimate of drug-likeness (QED) is 0.590. The Morgan fingerprint density at radius 3 is 0.800 bits per heavy atom. The van der Waals surface area contributed by atoms with Gasteiger partial charge in [0.05, 0.1) is 0 Å². The van der Waals surface area contributed by atoms with E-state index in [0.29, 0.717) is 0 Å². The minimum absolute atomic E-state index is 0. The van der Waals surface area contributed by atoms with Gasteiger partial charge in [-0.05, 0) is 0 Å². The zero-order valence-electron chi connectivity index (χ0n) is 2.30. The first-order valence-corrected chi connectivity index (χ1v) is 0. The Bertz CT molecular complexity index is 9.61. The Morgan fingerprint density at radius 2 is 0.800 bits per heavy atom. The summed E-state index contributed by atoms with van der Waals surface area (Å²) in [6, 6.07) is 0. The number of rotatable bonds is 0. The van der Waals surface area contributed by atoms with Crippen LogP contribution in [0.25, 0.3) is 12.3 Å². The molecule has 0 aromatic rings. The summed E-state index contributed by atoms with van der Waals surface area (Å²) in [5.41, 5.74) is 0. The predicted molar refractivity (Wildman–Crippen MR) is 17.1 cm³/mol. The molecule has 0 heterocycles. The van der Waals surface area contributed by atoms with Crippen LogP contribution >= 0.6 is 13.5 Å². The molecule has 0 aliphatic rings. The normalized spacial score (nSPS) is 0. The first-order valence-electron chi connectivity index (χ1n) is 0. The summed E-state index contributed by atoms with van der Waals surface area (Å²) in [5.74, 6) is 0. The fourth-order valence-electron chi connectivity index (χ4n) is 0. The average Bonchev–Trinajstić information content (AvgIpc) is 0. The van der Waals surface area contributed by atoms with Crippen LogP contribution in [0.15, 0.2) is 0 Å². The summed E-state index contributed by atoms with van der Waals surface area (Å²) in [7, 11) is 0. The second-order valence-corrected chi connectivity index (χ2v) is 0. The maximum atomic E-state index is 0. The van der Waals surface area contributed by atoms with E-state index < -0.39 is 0 Å². The van der Waals surface area contributed by atoms with Crippen LogP contribution in [0.4, 0.5) is 0 Å². The largest absolute Gasteiger partial charge is 6.00 e. The topological polar surface area (TPSA) is 61.0 Å². The Morgan fingerprint density at radius 1 is 0.800 bits per heavy atom. The summed E-state index contributed by atoms with van der Waals surface area (Å²) in [4.78, 5) is 0. The van der Waals surface area contributed by atoms with E-state index in [1.807, 2.05) is 0 Å². The van der Waals surface area contributed by atoms with Crippen molar-refractivity contribution in [1.29, 1.82) is 0 Å². The molecule has 0 aromatic carbocycles. The van der Waals surface area contributed by atoms with Crippen molar-refractivity contribution in [3.8, 4) is 0 Å². The van der Waals surface area contributed by atoms with E-state index in [2.05, 4.69) is 0 Å². The standard InChI is InChI=1S/2N.H2S.Ti.W/h;;1H2;;/q2*-3;;;+6. The monoisotopic (exact) mass is 294 g/mol. The Kier molecular flexibility index (Phi) is 680. The molecule has 0 aliphatic heterocycles. The van der Waals surface area contributed by atoms with Gasteiger partial charge in [-0.1, -0.05) is 0 Å². The van der Waals surface area contributed by atoms with Crippen LogP contribution in [0.3, 0.4) is 0 Å². The predicted octanol–water partition coefficient (Wildman–Crippen LogP) is 0.685. The molecular weight excluding hydrogens is 292 g/mol. The molecular formula is H2N2STiW. The molecule has 0 aliphatic carbocycles. The maximum Gasteiger partial charge on any atom is 6.00 e. The summed E-state index contributed by atoms with van der Waals surface area (Å²) in [6.07, 6.45) is 0. The Hall–Kier alpha value is 1.67. The molecule has 5 heavy (non-hydrogen) atoms. The Balaban J connectivity index is 0. The minimum atomic E-state index is 0. The van der Waals surface area contributed by atoms with Gasteiger partial charge in [-0.15, -0.1) is 0 Å². The van der Waals surface area contributed by atoms with Crippen LogP contribution in [0.2, 0.25) is 0 Å². The molecule has 0 fully saturated rings. The zero-order chi connectivity index (χ0) is 0. The molecule has 0 rings (SSSR count). The van der Waals surface area contributed by atoms with Gasteiger partial charge in [0.25, 0.3) is 0 Å². The summed E-state index contributed by atoms with van der Waals surface area (Å²) in [6.45, 7) is 0. The van der Waals surface area contributed by atoms with Gasteiger partial charge < -0.3 is 12.3 Å². The zero-order valence-corrected chi connectivity index (χ0v) is 7.80. The molecule has 28 valence electrons. The molecule has 2 nitrogen and oxygen atoms in total. The van der Waals surface area contributed by atoms with Gasteiger partial charge in [0.15, 0.2) is 0 Å². The molecule has 0 spiro atoms. The third-order valence-electron chi connectivity index (χ3n) is 0. The van der Waals surface area contributed by atoms with Crippen molar-refractivity contribution in [1.82, 2.24) is 0 Å². The molecule has 5 heteroatoms. The van der Waals surface area contributed by atoms with E-state index in [4.69, 9.17) is 0 Å². The SMILES string of the molecule is S.[N-3].[N-3].[Ti].[W+6]. The molecule has 0 saturated heterocycles. The molecule has 0 amide bonds. The van der Waals surface area contributed by atoms with E-state index in [1.54, 1.807) is 0 Å². The molecule has 0 unspecified atom stereocenters. The van der Waals surface area contributed by atoms with E-state index in [0.717, 1.165) is 0 Å². The number of hydrogen-bond donors (Lipinski definition) is 0. The van der Waals surface area contributed by atoms with Crippen LogP contribution < -0.4 is 0 Å². The number of hydrogen-bond acceptors (Lipinski definition) is 0. The molecule has 0 saturated carbocycles. The van der Waals surface area contributed by atoms with E-state index in [9.17, 15) is 0 Å². The third kappa shape index (κ3) is 27.3. The fourth-order valence-corrected chi connectivity index (χ4v) is 0. The first-order chi connectivity index (χ1) is 0. The van der Waals surface area contributed by atoms with Crippen molar-refractivity contribution in [3.05, 3.63) is 12.3 Å². The van der Waals surface area contributed by atoms with Crippen molar-refractivity contribution in [2.45, 2.75) is 0 Å². The van der Waals surface area contributed by atoms with Crippen molar-refractivity contribution in [2.24, 2.45) is 0 Å². The summed E-state index contributed by atoms with van der Waals surface area (Å²) < 4.78 is 0. The van der Waals surface area contributed by atoms with E-state index in [1.165, 1.54) is 0 Å². The number of nitrogens with zero attached hydrogens (tertiary/aromatic N) is 2. The maximum absolute atomic E-state index is 0. The van der Waals surface area contributed by atoms with Crippen LogP contribution in [0, 0.1) is 0 Å². The smallest absolute Gasteiger partial charge is 3.00 e. The van der Waals surface area contributed by atoms with Gasteiger partial charge in [0.1, 0.15) is 0 Å². The molecule has 0 atom stereocenters. The summed E-state index contributed by atoms with van der Waals surface area (Å²) in [5, 5.41) is 0. The minimum Gasteiger partial charge on any atom is -3.00 e. The molecule has 0 aromatic heterocycles. The van der Waals surface area contributed by atoms with Gasteiger partial charge in [0, 0.05) is 21.7 Å². The van der Waals surface area contributed by atoms with Gasteiger partial charge in [0.2, 0.25) is 0 Å². The van der Waals surface area contributed by atoms with E-state index in [-0.39, 0.29) is 68.6 Å². The average molecular weight is 294 g/mol. The van der Waals surface area contributed by atoms with Crippen LogP contribution in [0.5, 0.6) is 0 Å². The third-order valence-corrected chi connectivity index (χ3v) is 0. The van der Waals surface area contributed by atoms with Crippen LogP contribution in [0.1, 0.15) is 0 Å². The van der Waals surface area contributed by atoms with Gasteiger partial charge >= 0.3 is 21.1 Å². The van der Waals surface area contributed by atoms with Crippen molar-refractivity contribution < 1.29 is 42.8 Å². The van der Waals surface area contributed by atoms with Gasteiger partial charge in [-0.2, -0.15) is 13.5 Å². The Labute approximate surface area is 68.2 Å². The van der Waals surface area contributed by atoms with Gasteiger partial charge in [-0.3, -0.25) is 0 Å². The second-order valence-electron chi connectivity index (χ2n) is 0. The van der Waals surface area contributed by atoms with Crippen molar-refractivity contribution >= 4 is 13.5 Å². The second kappa shape index (κ2) is 44.3. The molecule has 0 bridgehead atoms. The van der Waals surface area contributed by atoms with Crippen LogP contribution in [-0.2, 0) is 42.8 Å².